The lowest BCUT2D eigenvalue weighted by molar-refractivity contribution is -0.122. The predicted octanol–water partition coefficient (Wildman–Crippen LogP) is 2.55. The van der Waals surface area contributed by atoms with Crippen LogP contribution in [0.5, 0.6) is 0 Å². The molecule has 0 unspecified atom stereocenters. The lowest BCUT2D eigenvalue weighted by atomic mass is 9.65. The molecule has 1 fully saturated rings. The van der Waals surface area contributed by atoms with Crippen molar-refractivity contribution in [3.05, 3.63) is 35.9 Å². The molecule has 0 radical (unpaired) electrons. The van der Waals surface area contributed by atoms with E-state index < -0.39 is 0 Å². The highest BCUT2D eigenvalue weighted by molar-refractivity contribution is 5.76. The van der Waals surface area contributed by atoms with Crippen molar-refractivity contribution in [1.82, 2.24) is 5.32 Å². The molecule has 0 saturated heterocycles. The highest BCUT2D eigenvalue weighted by Crippen LogP contribution is 2.43. The normalized spacial score (nSPS) is 16.7. The first-order valence-electron chi connectivity index (χ1n) is 7.04. The molecule has 0 bridgehead atoms. The first-order chi connectivity index (χ1) is 9.24. The highest BCUT2D eigenvalue weighted by atomic mass is 16.5. The SMILES string of the molecule is COCCC(=O)NCC1(Cc2ccccc2)CCC1. The number of hydrogen-bond acceptors (Lipinski definition) is 2. The minimum Gasteiger partial charge on any atom is -0.384 e. The molecule has 0 heterocycles. The summed E-state index contributed by atoms with van der Waals surface area (Å²) in [5.41, 5.74) is 1.65. The molecular formula is C16H23NO2. The second-order valence-electron chi connectivity index (χ2n) is 5.54. The molecule has 1 aliphatic carbocycles. The smallest absolute Gasteiger partial charge is 0.222 e. The predicted molar refractivity (Wildman–Crippen MR) is 75.9 cm³/mol. The van der Waals surface area contributed by atoms with E-state index in [-0.39, 0.29) is 11.3 Å². The van der Waals surface area contributed by atoms with Crippen molar-refractivity contribution in [2.45, 2.75) is 32.1 Å². The molecule has 0 atom stereocenters. The van der Waals surface area contributed by atoms with Crippen LogP contribution in [0.3, 0.4) is 0 Å². The molecule has 104 valence electrons. The van der Waals surface area contributed by atoms with Gasteiger partial charge in [-0.3, -0.25) is 4.79 Å². The fourth-order valence-corrected chi connectivity index (χ4v) is 2.69. The van der Waals surface area contributed by atoms with Gasteiger partial charge in [-0.1, -0.05) is 36.8 Å². The van der Waals surface area contributed by atoms with Gasteiger partial charge in [0.2, 0.25) is 5.91 Å². The van der Waals surface area contributed by atoms with Gasteiger partial charge in [-0.25, -0.2) is 0 Å². The van der Waals surface area contributed by atoms with E-state index in [1.165, 1.54) is 24.8 Å². The molecule has 1 aromatic rings. The van der Waals surface area contributed by atoms with Gasteiger partial charge in [0.25, 0.3) is 0 Å². The summed E-state index contributed by atoms with van der Waals surface area (Å²) >= 11 is 0. The van der Waals surface area contributed by atoms with E-state index in [2.05, 4.69) is 29.6 Å². The Morgan fingerprint density at radius 1 is 1.32 bits per heavy atom. The van der Waals surface area contributed by atoms with Gasteiger partial charge in [0.15, 0.2) is 0 Å². The Balaban J connectivity index is 1.83. The average Bonchev–Trinajstić information content (AvgIpc) is 2.40. The zero-order chi connectivity index (χ0) is 13.6. The lowest BCUT2D eigenvalue weighted by Gasteiger charge is -2.42. The number of carbonyl (C=O) groups is 1. The van der Waals surface area contributed by atoms with Gasteiger partial charge < -0.3 is 10.1 Å². The Labute approximate surface area is 115 Å². The molecule has 1 amide bonds. The Hall–Kier alpha value is -1.35. The fraction of sp³-hybridized carbons (Fsp3) is 0.562. The van der Waals surface area contributed by atoms with E-state index in [1.54, 1.807) is 7.11 Å². The van der Waals surface area contributed by atoms with Crippen molar-refractivity contribution in [1.29, 1.82) is 0 Å². The molecule has 3 nitrogen and oxygen atoms in total. The van der Waals surface area contributed by atoms with Crippen LogP contribution in [0.2, 0.25) is 0 Å². The molecule has 0 aromatic heterocycles. The van der Waals surface area contributed by atoms with Crippen molar-refractivity contribution in [3.63, 3.8) is 0 Å². The summed E-state index contributed by atoms with van der Waals surface area (Å²) < 4.78 is 4.92. The Morgan fingerprint density at radius 2 is 2.05 bits per heavy atom. The van der Waals surface area contributed by atoms with Crippen molar-refractivity contribution >= 4 is 5.91 Å². The van der Waals surface area contributed by atoms with E-state index in [4.69, 9.17) is 4.74 Å². The third-order valence-corrected chi connectivity index (χ3v) is 4.03. The molecular weight excluding hydrogens is 238 g/mol. The summed E-state index contributed by atoms with van der Waals surface area (Å²) in [5, 5.41) is 3.06. The second-order valence-corrected chi connectivity index (χ2v) is 5.54. The topological polar surface area (TPSA) is 38.3 Å². The highest BCUT2D eigenvalue weighted by Gasteiger charge is 2.37. The van der Waals surface area contributed by atoms with Crippen LogP contribution < -0.4 is 5.32 Å². The number of nitrogens with one attached hydrogen (secondary N) is 1. The van der Waals surface area contributed by atoms with Crippen molar-refractivity contribution in [3.8, 4) is 0 Å². The van der Waals surface area contributed by atoms with Crippen LogP contribution in [0.15, 0.2) is 30.3 Å². The number of ether oxygens (including phenoxy) is 1. The number of amides is 1. The maximum atomic E-state index is 11.6. The number of rotatable bonds is 7. The second kappa shape index (κ2) is 6.71. The first kappa shape index (κ1) is 14.1. The van der Waals surface area contributed by atoms with Crippen molar-refractivity contribution in [2.24, 2.45) is 5.41 Å². The van der Waals surface area contributed by atoms with Gasteiger partial charge in [0.05, 0.1) is 6.61 Å². The summed E-state index contributed by atoms with van der Waals surface area (Å²) in [4.78, 5) is 11.6. The van der Waals surface area contributed by atoms with E-state index in [0.717, 1.165) is 13.0 Å². The summed E-state index contributed by atoms with van der Waals surface area (Å²) in [5.74, 6) is 0.0983. The summed E-state index contributed by atoms with van der Waals surface area (Å²) in [6.07, 6.45) is 5.23. The summed E-state index contributed by atoms with van der Waals surface area (Å²) in [7, 11) is 1.62. The first-order valence-corrected chi connectivity index (χ1v) is 7.04. The van der Waals surface area contributed by atoms with E-state index in [1.807, 2.05) is 6.07 Å². The van der Waals surface area contributed by atoms with Gasteiger partial charge in [0, 0.05) is 20.1 Å². The quantitative estimate of drug-likeness (QED) is 0.819. The zero-order valence-corrected chi connectivity index (χ0v) is 11.7. The minimum absolute atomic E-state index is 0.0983. The molecule has 19 heavy (non-hydrogen) atoms. The molecule has 1 aliphatic rings. The van der Waals surface area contributed by atoms with Gasteiger partial charge in [-0.15, -0.1) is 0 Å². The van der Waals surface area contributed by atoms with Gasteiger partial charge >= 0.3 is 0 Å². The van der Waals surface area contributed by atoms with E-state index in [0.29, 0.717) is 13.0 Å². The fourth-order valence-electron chi connectivity index (χ4n) is 2.69. The Bertz CT molecular complexity index is 398. The standard InChI is InChI=1S/C16H23NO2/c1-19-11-8-15(18)17-13-16(9-5-10-16)12-14-6-3-2-4-7-14/h2-4,6-7H,5,8-13H2,1H3,(H,17,18). The van der Waals surface area contributed by atoms with Crippen LogP contribution in [-0.4, -0.2) is 26.2 Å². The molecule has 1 saturated carbocycles. The number of hydrogen-bond donors (Lipinski definition) is 1. The molecule has 2 rings (SSSR count). The summed E-state index contributed by atoms with van der Waals surface area (Å²) in [6.45, 7) is 1.29. The van der Waals surface area contributed by atoms with Crippen molar-refractivity contribution in [2.75, 3.05) is 20.3 Å². The lowest BCUT2D eigenvalue weighted by Crippen LogP contribution is -2.43. The maximum absolute atomic E-state index is 11.6. The third kappa shape index (κ3) is 4.06. The Morgan fingerprint density at radius 3 is 2.63 bits per heavy atom. The van der Waals surface area contributed by atoms with Crippen LogP contribution in [0.25, 0.3) is 0 Å². The van der Waals surface area contributed by atoms with E-state index in [9.17, 15) is 4.79 Å². The molecule has 3 heteroatoms. The van der Waals surface area contributed by atoms with E-state index >= 15 is 0 Å². The monoisotopic (exact) mass is 261 g/mol. The van der Waals surface area contributed by atoms with Gasteiger partial charge in [-0.2, -0.15) is 0 Å². The van der Waals surface area contributed by atoms with Gasteiger partial charge in [-0.05, 0) is 30.2 Å². The number of methoxy groups -OCH3 is 1. The molecule has 0 spiro atoms. The molecule has 1 N–H and O–H groups in total. The van der Waals surface area contributed by atoms with Crippen LogP contribution in [0, 0.1) is 5.41 Å². The minimum atomic E-state index is 0.0983. The third-order valence-electron chi connectivity index (χ3n) is 4.03. The molecule has 1 aromatic carbocycles. The summed E-state index contributed by atoms with van der Waals surface area (Å²) in [6, 6.07) is 10.6. The van der Waals surface area contributed by atoms with Crippen molar-refractivity contribution < 1.29 is 9.53 Å². The zero-order valence-electron chi connectivity index (χ0n) is 11.7. The Kier molecular flexibility index (Phi) is 4.97. The van der Waals surface area contributed by atoms with Crippen LogP contribution >= 0.6 is 0 Å². The maximum Gasteiger partial charge on any atom is 0.222 e. The van der Waals surface area contributed by atoms with Crippen LogP contribution in [0.4, 0.5) is 0 Å². The largest absolute Gasteiger partial charge is 0.384 e. The number of carbonyl (C=O) groups excluding carboxylic acids is 1. The van der Waals surface area contributed by atoms with Crippen LogP contribution in [-0.2, 0) is 16.0 Å². The van der Waals surface area contributed by atoms with Gasteiger partial charge in [0.1, 0.15) is 0 Å². The van der Waals surface area contributed by atoms with Crippen LogP contribution in [0.1, 0.15) is 31.2 Å². The number of benzene rings is 1. The molecule has 0 aliphatic heterocycles. The average molecular weight is 261 g/mol.